The van der Waals surface area contributed by atoms with Crippen LogP contribution in [0.1, 0.15) is 53.0 Å². The maximum atomic E-state index is 13.3. The average molecular weight is 470 g/mol. The van der Waals surface area contributed by atoms with Gasteiger partial charge in [0.25, 0.3) is 10.0 Å². The van der Waals surface area contributed by atoms with Gasteiger partial charge in [-0.15, -0.1) is 0 Å². The standard InChI is InChI=1S/C25H24ClNO4S/c1-3-18-10-12-20(13-11-18)32(30,31)27-22-15-14-21(26)24(17(2)28)25(22)23(29)16-19-8-6-4-5-7-9-19/h4-6,8-15,27H,3,7,16H2,1-2H3. The van der Waals surface area contributed by atoms with Crippen molar-refractivity contribution in [3.63, 3.8) is 0 Å². The lowest BCUT2D eigenvalue weighted by Gasteiger charge is -2.16. The fourth-order valence-corrected chi connectivity index (χ4v) is 4.80. The Hall–Kier alpha value is -2.96. The number of ketones is 2. The second kappa shape index (κ2) is 10.1. The van der Waals surface area contributed by atoms with Crippen LogP contribution in [0.3, 0.4) is 0 Å². The lowest BCUT2D eigenvalue weighted by Crippen LogP contribution is -2.18. The van der Waals surface area contributed by atoms with Crippen molar-refractivity contribution in [2.24, 2.45) is 0 Å². The second-order valence-electron chi connectivity index (χ2n) is 7.41. The lowest BCUT2D eigenvalue weighted by molar-refractivity contribution is 0.0970. The number of Topliss-reactive ketones (excluding diaryl/α,β-unsaturated/α-hetero) is 2. The van der Waals surface area contributed by atoms with Crippen LogP contribution in [-0.4, -0.2) is 20.0 Å². The number of rotatable bonds is 8. The molecular formula is C25H24ClNO4S. The minimum Gasteiger partial charge on any atom is -0.294 e. The fraction of sp³-hybridized carbons (Fsp3) is 0.200. The molecule has 0 aromatic heterocycles. The van der Waals surface area contributed by atoms with Crippen molar-refractivity contribution in [1.29, 1.82) is 0 Å². The Morgan fingerprint density at radius 3 is 2.41 bits per heavy atom. The van der Waals surface area contributed by atoms with E-state index in [1.165, 1.54) is 31.2 Å². The molecule has 7 heteroatoms. The van der Waals surface area contributed by atoms with E-state index in [1.54, 1.807) is 12.1 Å². The first-order chi connectivity index (χ1) is 15.2. The van der Waals surface area contributed by atoms with Gasteiger partial charge in [0, 0.05) is 12.0 Å². The molecule has 0 radical (unpaired) electrons. The van der Waals surface area contributed by atoms with Gasteiger partial charge in [0.15, 0.2) is 11.6 Å². The molecule has 166 valence electrons. The fourth-order valence-electron chi connectivity index (χ4n) is 3.43. The zero-order valence-corrected chi connectivity index (χ0v) is 19.5. The summed E-state index contributed by atoms with van der Waals surface area (Å²) in [5.41, 5.74) is 1.79. The van der Waals surface area contributed by atoms with Gasteiger partial charge in [-0.05, 0) is 55.2 Å². The first kappa shape index (κ1) is 23.7. The van der Waals surface area contributed by atoms with E-state index in [4.69, 9.17) is 11.6 Å². The number of aryl methyl sites for hydroxylation is 1. The third-order valence-corrected chi connectivity index (χ3v) is 6.81. The lowest BCUT2D eigenvalue weighted by atomic mass is 9.94. The Kier molecular flexibility index (Phi) is 7.48. The normalized spacial score (nSPS) is 13.4. The highest BCUT2D eigenvalue weighted by atomic mass is 35.5. The van der Waals surface area contributed by atoms with Gasteiger partial charge >= 0.3 is 0 Å². The van der Waals surface area contributed by atoms with Crippen molar-refractivity contribution >= 4 is 38.9 Å². The van der Waals surface area contributed by atoms with E-state index in [-0.39, 0.29) is 33.2 Å². The van der Waals surface area contributed by atoms with Crippen LogP contribution in [0, 0.1) is 0 Å². The highest BCUT2D eigenvalue weighted by molar-refractivity contribution is 7.92. The molecule has 0 spiro atoms. The molecule has 5 nitrogen and oxygen atoms in total. The van der Waals surface area contributed by atoms with E-state index in [0.29, 0.717) is 6.42 Å². The third-order valence-electron chi connectivity index (χ3n) is 5.11. The van der Waals surface area contributed by atoms with E-state index < -0.39 is 21.6 Å². The minimum absolute atomic E-state index is 0.00882. The number of benzene rings is 2. The van der Waals surface area contributed by atoms with Crippen LogP contribution >= 0.6 is 11.6 Å². The summed E-state index contributed by atoms with van der Waals surface area (Å²) in [4.78, 5) is 25.7. The summed E-state index contributed by atoms with van der Waals surface area (Å²) < 4.78 is 28.5. The molecule has 0 fully saturated rings. The van der Waals surface area contributed by atoms with Crippen LogP contribution < -0.4 is 4.72 Å². The molecule has 32 heavy (non-hydrogen) atoms. The van der Waals surface area contributed by atoms with Crippen molar-refractivity contribution in [3.05, 3.63) is 94.1 Å². The van der Waals surface area contributed by atoms with Crippen molar-refractivity contribution < 1.29 is 18.0 Å². The number of nitrogens with one attached hydrogen (secondary N) is 1. The van der Waals surface area contributed by atoms with Gasteiger partial charge in [-0.3, -0.25) is 14.3 Å². The summed E-state index contributed by atoms with van der Waals surface area (Å²) in [5, 5.41) is 0.100. The number of halogens is 1. The largest absolute Gasteiger partial charge is 0.294 e. The average Bonchev–Trinajstić information content (AvgIpc) is 3.03. The van der Waals surface area contributed by atoms with Crippen LogP contribution in [0.4, 0.5) is 5.69 Å². The van der Waals surface area contributed by atoms with E-state index in [9.17, 15) is 18.0 Å². The Morgan fingerprint density at radius 1 is 1.03 bits per heavy atom. The number of hydrogen-bond acceptors (Lipinski definition) is 4. The summed E-state index contributed by atoms with van der Waals surface area (Å²) >= 11 is 6.24. The predicted octanol–water partition coefficient (Wildman–Crippen LogP) is 5.92. The second-order valence-corrected chi connectivity index (χ2v) is 9.50. The number of anilines is 1. The molecular weight excluding hydrogens is 446 g/mol. The maximum absolute atomic E-state index is 13.3. The molecule has 0 unspecified atom stereocenters. The van der Waals surface area contributed by atoms with E-state index in [1.807, 2.05) is 37.3 Å². The quantitative estimate of drug-likeness (QED) is 0.486. The zero-order valence-electron chi connectivity index (χ0n) is 17.9. The van der Waals surface area contributed by atoms with E-state index in [2.05, 4.69) is 4.72 Å². The van der Waals surface area contributed by atoms with Gasteiger partial charge in [-0.2, -0.15) is 0 Å². The number of sulfonamides is 1. The Labute approximate surface area is 193 Å². The summed E-state index contributed by atoms with van der Waals surface area (Å²) in [6, 6.07) is 9.34. The monoisotopic (exact) mass is 469 g/mol. The highest BCUT2D eigenvalue weighted by Crippen LogP contribution is 2.31. The molecule has 0 saturated carbocycles. The molecule has 0 atom stereocenters. The first-order valence-electron chi connectivity index (χ1n) is 10.2. The number of carbonyl (C=O) groups excluding carboxylic acids is 2. The van der Waals surface area contributed by atoms with Crippen LogP contribution in [0.5, 0.6) is 0 Å². The first-order valence-corrected chi connectivity index (χ1v) is 12.1. The SMILES string of the molecule is CCc1ccc(S(=O)(=O)Nc2ccc(Cl)c(C(C)=O)c2C(=O)CC2=CCC=CC=C2)cc1. The van der Waals surface area contributed by atoms with Gasteiger partial charge in [-0.1, -0.05) is 61.0 Å². The number of hydrogen-bond donors (Lipinski definition) is 1. The summed E-state index contributed by atoms with van der Waals surface area (Å²) in [7, 11) is -3.98. The molecule has 2 aromatic carbocycles. The summed E-state index contributed by atoms with van der Waals surface area (Å²) in [5.74, 6) is -0.812. The summed E-state index contributed by atoms with van der Waals surface area (Å²) in [6.45, 7) is 3.28. The zero-order chi connectivity index (χ0) is 23.3. The highest BCUT2D eigenvalue weighted by Gasteiger charge is 2.25. The van der Waals surface area contributed by atoms with Gasteiger partial charge < -0.3 is 0 Å². The molecule has 1 aliphatic carbocycles. The maximum Gasteiger partial charge on any atom is 0.261 e. The number of carbonyl (C=O) groups is 2. The molecule has 0 bridgehead atoms. The Bertz CT molecular complexity index is 1240. The van der Waals surface area contributed by atoms with Gasteiger partial charge in [0.1, 0.15) is 0 Å². The topological polar surface area (TPSA) is 80.3 Å². The molecule has 0 amide bonds. The van der Waals surface area contributed by atoms with E-state index in [0.717, 1.165) is 17.6 Å². The smallest absolute Gasteiger partial charge is 0.261 e. The van der Waals surface area contributed by atoms with Gasteiger partial charge in [-0.25, -0.2) is 8.42 Å². The van der Waals surface area contributed by atoms with Crippen molar-refractivity contribution in [2.45, 2.75) is 38.0 Å². The molecule has 1 aliphatic rings. The molecule has 0 saturated heterocycles. The molecule has 0 heterocycles. The van der Waals surface area contributed by atoms with Crippen LogP contribution in [0.15, 0.2) is 77.2 Å². The molecule has 1 N–H and O–H groups in total. The van der Waals surface area contributed by atoms with Gasteiger partial charge in [0.2, 0.25) is 0 Å². The minimum atomic E-state index is -3.98. The molecule has 0 aliphatic heterocycles. The number of allylic oxidation sites excluding steroid dienone is 6. The van der Waals surface area contributed by atoms with E-state index >= 15 is 0 Å². The van der Waals surface area contributed by atoms with Crippen LogP contribution in [-0.2, 0) is 16.4 Å². The summed E-state index contributed by atoms with van der Waals surface area (Å²) in [6.07, 6.45) is 10.9. The Morgan fingerprint density at radius 2 is 1.75 bits per heavy atom. The van der Waals surface area contributed by atoms with Crippen molar-refractivity contribution in [2.75, 3.05) is 4.72 Å². The molecule has 3 rings (SSSR count). The van der Waals surface area contributed by atoms with Crippen molar-refractivity contribution in [1.82, 2.24) is 0 Å². The van der Waals surface area contributed by atoms with Crippen LogP contribution in [0.2, 0.25) is 5.02 Å². The predicted molar refractivity (Wildman–Crippen MR) is 128 cm³/mol. The Balaban J connectivity index is 2.03. The molecule has 2 aromatic rings. The van der Waals surface area contributed by atoms with Gasteiger partial charge in [0.05, 0.1) is 21.2 Å². The van der Waals surface area contributed by atoms with Crippen LogP contribution in [0.25, 0.3) is 0 Å². The van der Waals surface area contributed by atoms with Crippen molar-refractivity contribution in [3.8, 4) is 0 Å². The third kappa shape index (κ3) is 5.44.